The molecule has 3 amide bonds. The Morgan fingerprint density at radius 1 is 1.25 bits per heavy atom. The summed E-state index contributed by atoms with van der Waals surface area (Å²) in [6, 6.07) is -2.89. The van der Waals surface area contributed by atoms with Crippen molar-refractivity contribution >= 4 is 62.1 Å². The third-order valence-corrected chi connectivity index (χ3v) is 7.24. The van der Waals surface area contributed by atoms with Gasteiger partial charge in [-0.05, 0) is 13.8 Å². The molecule has 1 fully saturated rings. The second kappa shape index (κ2) is 12.5. The van der Waals surface area contributed by atoms with Crippen molar-refractivity contribution < 1.29 is 61.9 Å². The molecule has 0 radical (unpaired) electrons. The number of pyridine rings is 1. The van der Waals surface area contributed by atoms with Crippen LogP contribution in [0.25, 0.3) is 0 Å². The van der Waals surface area contributed by atoms with Gasteiger partial charge in [0.2, 0.25) is 11.0 Å². The summed E-state index contributed by atoms with van der Waals surface area (Å²) in [5.41, 5.74) is 1.10. The number of nitrogen functional groups attached to an aromatic ring is 1. The Bertz CT molecular complexity index is 1710. The van der Waals surface area contributed by atoms with Crippen LogP contribution >= 0.6 is 11.3 Å². The van der Waals surface area contributed by atoms with E-state index in [2.05, 4.69) is 15.5 Å². The van der Waals surface area contributed by atoms with E-state index in [-0.39, 0.29) is 19.9 Å². The highest BCUT2D eigenvalue weighted by Gasteiger charge is 2.55. The molecule has 0 aliphatic carbocycles. The molecule has 2 aromatic rings. The Hall–Kier alpha value is -5.29. The van der Waals surface area contributed by atoms with E-state index in [4.69, 9.17) is 15.3 Å². The first-order valence-electron chi connectivity index (χ1n) is 11.7. The Morgan fingerprint density at radius 3 is 2.48 bits per heavy atom. The van der Waals surface area contributed by atoms with Crippen molar-refractivity contribution in [3.8, 4) is 5.75 Å². The number of carboxylic acid groups (broad SMARTS) is 1. The lowest BCUT2D eigenvalue weighted by Crippen LogP contribution is -2.73. The molecule has 44 heavy (non-hydrogen) atoms. The number of aromatic nitrogens is 2. The molecule has 0 bridgehead atoms. The molecule has 8 N–H and O–H groups in total. The number of oxime groups is 1. The van der Waals surface area contributed by atoms with E-state index in [1.807, 2.05) is 5.32 Å². The molecule has 3 rings (SSSR count). The van der Waals surface area contributed by atoms with E-state index >= 15 is 0 Å². The summed E-state index contributed by atoms with van der Waals surface area (Å²) in [5.74, 6) is -7.29. The van der Waals surface area contributed by atoms with E-state index < -0.39 is 93.4 Å². The smallest absolute Gasteiger partial charge is 0.362 e. The average molecular weight is 662 g/mol. The van der Waals surface area contributed by atoms with Crippen LogP contribution in [-0.4, -0.2) is 109 Å². The van der Waals surface area contributed by atoms with Crippen molar-refractivity contribution in [1.82, 2.24) is 24.7 Å². The number of nitrogens with zero attached hydrogens (tertiary/aromatic N) is 4. The lowest BCUT2D eigenvalue weighted by Gasteiger charge is -2.43. The minimum atomic E-state index is -5.22. The quantitative estimate of drug-likeness (QED) is 0.0295. The summed E-state index contributed by atoms with van der Waals surface area (Å²) in [4.78, 5) is 81.7. The predicted octanol–water partition coefficient (Wildman–Crippen LogP) is -3.11. The molecule has 2 aromatic heterocycles. The zero-order valence-corrected chi connectivity index (χ0v) is 24.0. The van der Waals surface area contributed by atoms with Gasteiger partial charge in [0.15, 0.2) is 16.6 Å². The molecule has 0 unspecified atom stereocenters. The van der Waals surface area contributed by atoms with Gasteiger partial charge in [-0.2, -0.15) is 13.1 Å². The highest BCUT2D eigenvalue weighted by Crippen LogP contribution is 2.25. The maximum Gasteiger partial charge on any atom is 0.362 e. The number of nitrogens with one attached hydrogen (secondary N) is 2. The molecule has 0 spiro atoms. The molecular formula is C21H23N7O14S2. The van der Waals surface area contributed by atoms with E-state index in [0.717, 1.165) is 25.2 Å². The van der Waals surface area contributed by atoms with Crippen molar-refractivity contribution in [2.45, 2.75) is 31.5 Å². The largest absolute Gasteiger partial charge is 0.503 e. The van der Waals surface area contributed by atoms with Gasteiger partial charge in [-0.1, -0.05) is 5.16 Å². The highest BCUT2D eigenvalue weighted by atomic mass is 32.2. The van der Waals surface area contributed by atoms with Gasteiger partial charge in [-0.25, -0.2) is 14.1 Å². The van der Waals surface area contributed by atoms with E-state index in [0.29, 0.717) is 12.3 Å². The normalized spacial score (nSPS) is 16.9. The molecule has 238 valence electrons. The van der Waals surface area contributed by atoms with Crippen LogP contribution in [0, 0.1) is 0 Å². The van der Waals surface area contributed by atoms with Crippen molar-refractivity contribution in [3.63, 3.8) is 0 Å². The van der Waals surface area contributed by atoms with Gasteiger partial charge in [0.1, 0.15) is 36.6 Å². The number of amides is 3. The number of esters is 1. The van der Waals surface area contributed by atoms with Gasteiger partial charge in [0, 0.05) is 11.4 Å². The summed E-state index contributed by atoms with van der Waals surface area (Å²) < 4.78 is 37.9. The lowest BCUT2D eigenvalue weighted by atomic mass is 9.99. The van der Waals surface area contributed by atoms with E-state index in [9.17, 15) is 57.2 Å². The molecular weight excluding hydrogens is 638 g/mol. The monoisotopic (exact) mass is 661 g/mol. The third kappa shape index (κ3) is 7.37. The number of ether oxygens (including phenoxy) is 1. The summed E-state index contributed by atoms with van der Waals surface area (Å²) in [6.07, 6.45) is 0.528. The minimum Gasteiger partial charge on any atom is -0.503 e. The van der Waals surface area contributed by atoms with Crippen LogP contribution in [0.3, 0.4) is 0 Å². The molecule has 2 atom stereocenters. The summed E-state index contributed by atoms with van der Waals surface area (Å²) in [5, 5.41) is 37.0. The van der Waals surface area contributed by atoms with Gasteiger partial charge < -0.3 is 41.4 Å². The highest BCUT2D eigenvalue weighted by molar-refractivity contribution is 7.84. The second-order valence-electron chi connectivity index (χ2n) is 9.17. The summed E-state index contributed by atoms with van der Waals surface area (Å²) >= 11 is 0.869. The second-order valence-corrected chi connectivity index (χ2v) is 11.3. The predicted molar refractivity (Wildman–Crippen MR) is 143 cm³/mol. The molecule has 0 saturated carbocycles. The number of aliphatic carboxylic acids is 1. The molecule has 0 aromatic carbocycles. The van der Waals surface area contributed by atoms with Gasteiger partial charge >= 0.3 is 22.2 Å². The van der Waals surface area contributed by atoms with Crippen LogP contribution < -0.4 is 21.8 Å². The van der Waals surface area contributed by atoms with Gasteiger partial charge in [0.25, 0.3) is 17.7 Å². The molecule has 1 saturated heterocycles. The van der Waals surface area contributed by atoms with Crippen LogP contribution in [0.2, 0.25) is 0 Å². The Kier molecular flexibility index (Phi) is 9.45. The summed E-state index contributed by atoms with van der Waals surface area (Å²) in [7, 11) is -5.22. The van der Waals surface area contributed by atoms with Crippen molar-refractivity contribution in [1.29, 1.82) is 0 Å². The van der Waals surface area contributed by atoms with Crippen LogP contribution in [0.5, 0.6) is 5.75 Å². The lowest BCUT2D eigenvalue weighted by molar-refractivity contribution is -0.161. The van der Waals surface area contributed by atoms with Crippen LogP contribution in [-0.2, 0) is 39.1 Å². The van der Waals surface area contributed by atoms with Crippen LogP contribution in [0.15, 0.2) is 27.6 Å². The van der Waals surface area contributed by atoms with Crippen LogP contribution in [0.4, 0.5) is 5.13 Å². The standard InChI is InChI=1S/C21H23N7O14S2/c1-21(2,19(35)36)42-26-14(8-7-43-20(22)24-8)17(33)25-15-10(28(18(15)34)44(38,39)40)6-41-13(31)4-23-16(32)9-3-11(29)12(30)5-27(9)37/h3,5,7,10,15,30,37H,4,6H2,1-2H3,(H2,22,24)(H,23,32)(H,25,33)(H,35,36)(H,38,39,40)/t10-,15+/m1/s1. The number of β-lactam (4-membered cyclic amide) rings is 1. The molecule has 3 heterocycles. The number of carbonyl (C=O) groups excluding carboxylic acids is 4. The summed E-state index contributed by atoms with van der Waals surface area (Å²) in [6.45, 7) is 0.372. The minimum absolute atomic E-state index is 0.0279. The fourth-order valence-electron chi connectivity index (χ4n) is 3.29. The van der Waals surface area contributed by atoms with Crippen molar-refractivity contribution in [2.75, 3.05) is 18.9 Å². The zero-order valence-electron chi connectivity index (χ0n) is 22.4. The first kappa shape index (κ1) is 33.2. The Labute approximate surface area is 249 Å². The van der Waals surface area contributed by atoms with E-state index in [1.54, 1.807) is 0 Å². The SMILES string of the molecule is CC(C)(ON=C(C(=O)N[C@@H]1C(=O)N(S(=O)(=O)O)[C@@H]1COC(=O)CNC(=O)c1cc(=O)c(O)cn1O)c1csc(N)n1)C(=O)O. The Morgan fingerprint density at radius 2 is 1.91 bits per heavy atom. The number of thiazole rings is 1. The van der Waals surface area contributed by atoms with Gasteiger partial charge in [0.05, 0.1) is 6.20 Å². The third-order valence-electron chi connectivity index (χ3n) is 5.62. The first-order chi connectivity index (χ1) is 20.3. The maximum atomic E-state index is 13.1. The maximum absolute atomic E-state index is 13.1. The van der Waals surface area contributed by atoms with Crippen molar-refractivity contribution in [3.05, 3.63) is 39.3 Å². The fourth-order valence-corrected chi connectivity index (χ4v) is 4.70. The van der Waals surface area contributed by atoms with Gasteiger partial charge in [-0.15, -0.1) is 11.3 Å². The van der Waals surface area contributed by atoms with E-state index in [1.165, 1.54) is 5.38 Å². The molecule has 21 nitrogen and oxygen atoms in total. The average Bonchev–Trinajstić information content (AvgIpc) is 3.34. The van der Waals surface area contributed by atoms with Gasteiger partial charge in [-0.3, -0.25) is 28.5 Å². The zero-order chi connectivity index (χ0) is 33.1. The number of hydrogen-bond donors (Lipinski definition) is 7. The molecule has 1 aliphatic heterocycles. The fraction of sp³-hybridized carbons (Fsp3) is 0.333. The number of hydrogen-bond acceptors (Lipinski definition) is 16. The Balaban J connectivity index is 1.73. The van der Waals surface area contributed by atoms with Crippen molar-refractivity contribution in [2.24, 2.45) is 5.16 Å². The molecule has 1 aliphatic rings. The number of carbonyl (C=O) groups is 5. The van der Waals surface area contributed by atoms with Crippen LogP contribution in [0.1, 0.15) is 30.0 Å². The number of aromatic hydroxyl groups is 1. The number of nitrogens with two attached hydrogens (primary N) is 1. The number of carboxylic acids is 1. The number of anilines is 1. The first-order valence-corrected chi connectivity index (χ1v) is 14.0. The topological polar surface area (TPSA) is 319 Å². The molecule has 23 heteroatoms. The number of rotatable bonds is 12.